The Bertz CT molecular complexity index is 596. The van der Waals surface area contributed by atoms with Crippen LogP contribution in [-0.4, -0.2) is 9.97 Å². The Kier molecular flexibility index (Phi) is 3.68. The second-order valence-electron chi connectivity index (χ2n) is 4.66. The lowest BCUT2D eigenvalue weighted by molar-refractivity contribution is 0.709. The van der Waals surface area contributed by atoms with E-state index in [1.807, 2.05) is 11.4 Å². The van der Waals surface area contributed by atoms with Crippen molar-refractivity contribution in [1.82, 2.24) is 9.97 Å². The van der Waals surface area contributed by atoms with Crippen LogP contribution in [-0.2, 0) is 12.8 Å². The van der Waals surface area contributed by atoms with Gasteiger partial charge in [-0.15, -0.1) is 11.3 Å². The maximum absolute atomic E-state index is 5.97. The van der Waals surface area contributed by atoms with Gasteiger partial charge in [0, 0.05) is 16.6 Å². The normalized spacial score (nSPS) is 14.8. The third kappa shape index (κ3) is 2.59. The summed E-state index contributed by atoms with van der Waals surface area (Å²) in [5.41, 5.74) is 5.02. The zero-order valence-electron chi connectivity index (χ0n) is 10.4. The fourth-order valence-electron chi connectivity index (χ4n) is 2.43. The van der Waals surface area contributed by atoms with E-state index in [9.17, 15) is 0 Å². The number of nitrogens with one attached hydrogen (secondary N) is 1. The summed E-state index contributed by atoms with van der Waals surface area (Å²) in [7, 11) is 0. The zero-order chi connectivity index (χ0) is 13.2. The summed E-state index contributed by atoms with van der Waals surface area (Å²) >= 11 is 7.52. The molecule has 1 aliphatic rings. The van der Waals surface area contributed by atoms with E-state index in [2.05, 4.69) is 10.4 Å². The van der Waals surface area contributed by atoms with Crippen molar-refractivity contribution in [3.05, 3.63) is 27.7 Å². The molecule has 19 heavy (non-hydrogen) atoms. The van der Waals surface area contributed by atoms with Gasteiger partial charge in [0.25, 0.3) is 0 Å². The van der Waals surface area contributed by atoms with Gasteiger partial charge in [0.05, 0.1) is 9.90 Å². The molecule has 0 amide bonds. The highest BCUT2D eigenvalue weighted by atomic mass is 35.5. The van der Waals surface area contributed by atoms with E-state index in [1.54, 1.807) is 11.3 Å². The first-order chi connectivity index (χ1) is 9.28. The molecule has 4 nitrogen and oxygen atoms in total. The largest absolute Gasteiger partial charge is 0.308 e. The summed E-state index contributed by atoms with van der Waals surface area (Å²) in [6.45, 7) is 0. The molecule has 2 heterocycles. The molecule has 1 aliphatic carbocycles. The van der Waals surface area contributed by atoms with Crippen LogP contribution in [0.4, 0.5) is 5.82 Å². The van der Waals surface area contributed by atoms with Crippen LogP contribution in [0, 0.1) is 0 Å². The number of rotatable bonds is 2. The minimum atomic E-state index is 0.713. The Hall–Kier alpha value is -1.17. The summed E-state index contributed by atoms with van der Waals surface area (Å²) < 4.78 is 0. The van der Waals surface area contributed by atoms with Crippen molar-refractivity contribution in [3.63, 3.8) is 0 Å². The van der Waals surface area contributed by atoms with Crippen LogP contribution in [0.2, 0.25) is 5.02 Å². The molecule has 0 radical (unpaired) electrons. The molecule has 6 heteroatoms. The first-order valence-electron chi connectivity index (χ1n) is 6.39. The number of nitrogen functional groups attached to an aromatic ring is 1. The molecule has 0 spiro atoms. The highest BCUT2D eigenvalue weighted by Gasteiger charge is 2.17. The average Bonchev–Trinajstić information content (AvgIpc) is 2.72. The number of thiophene rings is 1. The van der Waals surface area contributed by atoms with Crippen LogP contribution in [0.3, 0.4) is 0 Å². The van der Waals surface area contributed by atoms with Crippen molar-refractivity contribution in [3.8, 4) is 10.7 Å². The number of halogens is 1. The topological polar surface area (TPSA) is 63.8 Å². The van der Waals surface area contributed by atoms with Crippen molar-refractivity contribution in [2.24, 2.45) is 5.84 Å². The number of hydrogen-bond acceptors (Lipinski definition) is 5. The van der Waals surface area contributed by atoms with Crippen molar-refractivity contribution in [2.45, 2.75) is 32.1 Å². The van der Waals surface area contributed by atoms with Gasteiger partial charge in [0.2, 0.25) is 0 Å². The summed E-state index contributed by atoms with van der Waals surface area (Å²) in [5.74, 6) is 7.08. The number of aryl methyl sites for hydroxylation is 1. The minimum Gasteiger partial charge on any atom is -0.308 e. The molecule has 0 saturated carbocycles. The molecule has 0 atom stereocenters. The second kappa shape index (κ2) is 5.45. The van der Waals surface area contributed by atoms with Gasteiger partial charge in [-0.1, -0.05) is 18.0 Å². The Morgan fingerprint density at radius 1 is 1.21 bits per heavy atom. The highest BCUT2D eigenvalue weighted by Crippen LogP contribution is 2.31. The number of aromatic nitrogens is 2. The van der Waals surface area contributed by atoms with Gasteiger partial charge in [-0.05, 0) is 31.7 Å². The molecule has 0 aromatic carbocycles. The molecule has 3 rings (SSSR count). The van der Waals surface area contributed by atoms with Crippen LogP contribution in [0.1, 0.15) is 30.5 Å². The molecule has 2 aromatic rings. The fraction of sp³-hybridized carbons (Fsp3) is 0.385. The Balaban J connectivity index is 2.09. The van der Waals surface area contributed by atoms with E-state index in [-0.39, 0.29) is 0 Å². The van der Waals surface area contributed by atoms with Crippen LogP contribution < -0.4 is 11.3 Å². The molecular weight excluding hydrogens is 280 g/mol. The van der Waals surface area contributed by atoms with Gasteiger partial charge in [-0.2, -0.15) is 0 Å². The second-order valence-corrected chi connectivity index (χ2v) is 6.00. The van der Waals surface area contributed by atoms with Gasteiger partial charge < -0.3 is 5.43 Å². The summed E-state index contributed by atoms with van der Waals surface area (Å²) in [6.07, 6.45) is 5.59. The first-order valence-corrected chi connectivity index (χ1v) is 7.64. The number of hydrazine groups is 1. The van der Waals surface area contributed by atoms with Crippen LogP contribution in [0.5, 0.6) is 0 Å². The van der Waals surface area contributed by atoms with E-state index in [0.717, 1.165) is 34.3 Å². The number of nitrogens with zero attached hydrogens (tertiary/aromatic N) is 2. The van der Waals surface area contributed by atoms with Gasteiger partial charge in [0.1, 0.15) is 5.82 Å². The molecule has 0 unspecified atom stereocenters. The fourth-order valence-corrected chi connectivity index (χ4v) is 3.44. The quantitative estimate of drug-likeness (QED) is 0.506. The number of hydrogen-bond donors (Lipinski definition) is 2. The van der Waals surface area contributed by atoms with Crippen molar-refractivity contribution in [2.75, 3.05) is 5.43 Å². The lowest BCUT2D eigenvalue weighted by atomic mass is 10.1. The molecule has 0 saturated heterocycles. The van der Waals surface area contributed by atoms with Crippen LogP contribution >= 0.6 is 22.9 Å². The van der Waals surface area contributed by atoms with Crippen molar-refractivity contribution < 1.29 is 0 Å². The minimum absolute atomic E-state index is 0.713. The zero-order valence-corrected chi connectivity index (χ0v) is 12.0. The SMILES string of the molecule is NNc1nc(-c2cc(Cl)cs2)nc2c1CCCCC2. The van der Waals surface area contributed by atoms with E-state index in [0.29, 0.717) is 5.82 Å². The highest BCUT2D eigenvalue weighted by molar-refractivity contribution is 7.14. The van der Waals surface area contributed by atoms with Crippen molar-refractivity contribution >= 4 is 28.8 Å². The molecule has 0 bridgehead atoms. The standard InChI is InChI=1S/C13H15ClN4S/c14-8-6-11(19-7-8)13-16-10-5-3-1-2-4-9(10)12(17-13)18-15/h6-7H,1-5,15H2,(H,16,17,18). The molecule has 2 aromatic heterocycles. The van der Waals surface area contributed by atoms with Gasteiger partial charge in [-0.25, -0.2) is 15.8 Å². The van der Waals surface area contributed by atoms with Gasteiger partial charge in [-0.3, -0.25) is 0 Å². The summed E-state index contributed by atoms with van der Waals surface area (Å²) in [4.78, 5) is 10.2. The van der Waals surface area contributed by atoms with Crippen molar-refractivity contribution in [1.29, 1.82) is 0 Å². The van der Waals surface area contributed by atoms with E-state index in [1.165, 1.54) is 24.8 Å². The maximum atomic E-state index is 5.97. The lowest BCUT2D eigenvalue weighted by Gasteiger charge is -2.11. The third-order valence-corrected chi connectivity index (χ3v) is 4.63. The number of anilines is 1. The third-order valence-electron chi connectivity index (χ3n) is 3.36. The van der Waals surface area contributed by atoms with Crippen LogP contribution in [0.15, 0.2) is 11.4 Å². The van der Waals surface area contributed by atoms with E-state index in [4.69, 9.17) is 22.4 Å². The Labute approximate surface area is 121 Å². The molecule has 3 N–H and O–H groups in total. The van der Waals surface area contributed by atoms with Crippen LogP contribution in [0.25, 0.3) is 10.7 Å². The van der Waals surface area contributed by atoms with Gasteiger partial charge in [0.15, 0.2) is 5.82 Å². The monoisotopic (exact) mass is 294 g/mol. The molecule has 100 valence electrons. The first kappa shape index (κ1) is 12.8. The van der Waals surface area contributed by atoms with E-state index >= 15 is 0 Å². The molecule has 0 fully saturated rings. The molecule has 0 aliphatic heterocycles. The summed E-state index contributed by atoms with van der Waals surface area (Å²) in [6, 6.07) is 1.89. The maximum Gasteiger partial charge on any atom is 0.171 e. The number of nitrogens with two attached hydrogens (primary N) is 1. The Morgan fingerprint density at radius 2 is 2.05 bits per heavy atom. The smallest absolute Gasteiger partial charge is 0.171 e. The van der Waals surface area contributed by atoms with Gasteiger partial charge >= 0.3 is 0 Å². The predicted octanol–water partition coefficient (Wildman–Crippen LogP) is 3.41. The number of fused-ring (bicyclic) bond motifs is 1. The Morgan fingerprint density at radius 3 is 2.79 bits per heavy atom. The average molecular weight is 295 g/mol. The van der Waals surface area contributed by atoms with E-state index < -0.39 is 0 Å². The lowest BCUT2D eigenvalue weighted by Crippen LogP contribution is -2.14. The summed E-state index contributed by atoms with van der Waals surface area (Å²) in [5, 5.41) is 2.61. The predicted molar refractivity (Wildman–Crippen MR) is 79.4 cm³/mol. The molecular formula is C13H15ClN4S.